The molecule has 0 saturated heterocycles. The van der Waals surface area contributed by atoms with Crippen molar-refractivity contribution in [3.8, 4) is 5.69 Å². The highest BCUT2D eigenvalue weighted by molar-refractivity contribution is 8.00. The molecule has 3 aromatic rings. The average Bonchev–Trinajstić information content (AvgIpc) is 2.77. The Morgan fingerprint density at radius 2 is 1.80 bits per heavy atom. The lowest BCUT2D eigenvalue weighted by Gasteiger charge is -2.17. The van der Waals surface area contributed by atoms with Crippen LogP contribution in [0.3, 0.4) is 0 Å². The van der Waals surface area contributed by atoms with Crippen LogP contribution < -0.4 is 10.9 Å². The van der Waals surface area contributed by atoms with Gasteiger partial charge >= 0.3 is 0 Å². The highest BCUT2D eigenvalue weighted by atomic mass is 32.2. The van der Waals surface area contributed by atoms with Crippen LogP contribution in [0.15, 0.2) is 58.5 Å². The van der Waals surface area contributed by atoms with Gasteiger partial charge in [-0.05, 0) is 55.5 Å². The Morgan fingerprint density at radius 1 is 1.10 bits per heavy atom. The number of thioether (sulfide) groups is 1. The number of amides is 1. The van der Waals surface area contributed by atoms with E-state index in [0.717, 1.165) is 18.5 Å². The van der Waals surface area contributed by atoms with E-state index in [9.17, 15) is 9.59 Å². The summed E-state index contributed by atoms with van der Waals surface area (Å²) in [6, 6.07) is 15.4. The number of fused-ring (bicyclic) bond motifs is 1. The van der Waals surface area contributed by atoms with Gasteiger partial charge in [-0.25, -0.2) is 4.98 Å². The summed E-state index contributed by atoms with van der Waals surface area (Å²) in [5.74, 6) is 0.407. The molecule has 2 atom stereocenters. The van der Waals surface area contributed by atoms with Crippen molar-refractivity contribution in [2.24, 2.45) is 0 Å². The molecule has 30 heavy (non-hydrogen) atoms. The lowest BCUT2D eigenvalue weighted by Crippen LogP contribution is -2.32. The molecule has 5 nitrogen and oxygen atoms in total. The smallest absolute Gasteiger partial charge is 0.266 e. The first kappa shape index (κ1) is 22.1. The minimum atomic E-state index is -0.366. The van der Waals surface area contributed by atoms with E-state index < -0.39 is 0 Å². The molecule has 0 aliphatic rings. The number of rotatable bonds is 8. The fourth-order valence-corrected chi connectivity index (χ4v) is 4.16. The first-order valence-corrected chi connectivity index (χ1v) is 11.4. The lowest BCUT2D eigenvalue weighted by molar-refractivity contribution is -0.120. The van der Waals surface area contributed by atoms with Crippen molar-refractivity contribution in [1.82, 2.24) is 14.9 Å². The fourth-order valence-electron chi connectivity index (χ4n) is 3.21. The summed E-state index contributed by atoms with van der Waals surface area (Å²) in [5, 5.41) is 3.64. The van der Waals surface area contributed by atoms with Crippen molar-refractivity contribution in [3.05, 3.63) is 64.4 Å². The molecule has 0 fully saturated rings. The van der Waals surface area contributed by atoms with Crippen molar-refractivity contribution in [3.63, 3.8) is 0 Å². The van der Waals surface area contributed by atoms with Crippen LogP contribution in [-0.4, -0.2) is 27.3 Å². The van der Waals surface area contributed by atoms with E-state index in [0.29, 0.717) is 28.5 Å². The van der Waals surface area contributed by atoms with Gasteiger partial charge in [0.25, 0.3) is 5.56 Å². The zero-order valence-electron chi connectivity index (χ0n) is 18.0. The molecule has 1 heterocycles. The number of hydrogen-bond acceptors (Lipinski definition) is 4. The summed E-state index contributed by atoms with van der Waals surface area (Å²) in [6.45, 7) is 8.85. The maximum absolute atomic E-state index is 13.4. The van der Waals surface area contributed by atoms with E-state index in [2.05, 4.69) is 31.3 Å². The zero-order valence-corrected chi connectivity index (χ0v) is 18.8. The minimum absolute atomic E-state index is 0.0528. The van der Waals surface area contributed by atoms with Crippen LogP contribution in [-0.2, 0) is 4.79 Å². The van der Waals surface area contributed by atoms with Crippen LogP contribution in [0.5, 0.6) is 0 Å². The van der Waals surface area contributed by atoms with Gasteiger partial charge in [-0.15, -0.1) is 0 Å². The Labute approximate surface area is 181 Å². The van der Waals surface area contributed by atoms with Gasteiger partial charge in [0.15, 0.2) is 5.16 Å². The molecule has 0 aliphatic carbocycles. The van der Waals surface area contributed by atoms with Crippen LogP contribution in [0, 0.1) is 0 Å². The van der Waals surface area contributed by atoms with Gasteiger partial charge in [0.1, 0.15) is 0 Å². The lowest BCUT2D eigenvalue weighted by atomic mass is 9.98. The molecule has 158 valence electrons. The SMILES string of the molecule is CCCNC(=O)[C@H](C)Sc1nc2ccccc2c(=O)n1-c1ccc([C@@H](C)CC)cc1. The topological polar surface area (TPSA) is 64.0 Å². The number of aromatic nitrogens is 2. The number of carbonyl (C=O) groups is 1. The largest absolute Gasteiger partial charge is 0.355 e. The third kappa shape index (κ3) is 4.75. The number of carbonyl (C=O) groups excluding carboxylic acids is 1. The van der Waals surface area contributed by atoms with Crippen LogP contribution in [0.25, 0.3) is 16.6 Å². The summed E-state index contributed by atoms with van der Waals surface area (Å²) in [7, 11) is 0. The summed E-state index contributed by atoms with van der Waals surface area (Å²) < 4.78 is 1.62. The average molecular weight is 424 g/mol. The van der Waals surface area contributed by atoms with Crippen LogP contribution in [0.2, 0.25) is 0 Å². The molecule has 3 rings (SSSR count). The number of benzene rings is 2. The van der Waals surface area contributed by atoms with E-state index in [1.807, 2.05) is 44.2 Å². The summed E-state index contributed by atoms with van der Waals surface area (Å²) >= 11 is 1.31. The Bertz CT molecular complexity index is 1080. The van der Waals surface area contributed by atoms with Gasteiger partial charge in [0, 0.05) is 6.54 Å². The highest BCUT2D eigenvalue weighted by Crippen LogP contribution is 2.26. The molecule has 1 aromatic heterocycles. The van der Waals surface area contributed by atoms with Crippen LogP contribution in [0.1, 0.15) is 52.0 Å². The standard InChI is InChI=1S/C24H29N3O2S/c1-5-15-25-22(28)17(4)30-24-26-21-10-8-7-9-20(21)23(29)27(24)19-13-11-18(12-14-19)16(3)6-2/h7-14,16-17H,5-6,15H2,1-4H3,(H,25,28)/t16-,17-/m0/s1. The Balaban J connectivity index is 2.07. The number of para-hydroxylation sites is 1. The molecule has 0 bridgehead atoms. The van der Waals surface area contributed by atoms with E-state index in [1.165, 1.54) is 17.3 Å². The number of nitrogens with zero attached hydrogens (tertiary/aromatic N) is 2. The third-order valence-electron chi connectivity index (χ3n) is 5.28. The zero-order chi connectivity index (χ0) is 21.7. The van der Waals surface area contributed by atoms with Crippen molar-refractivity contribution in [2.75, 3.05) is 6.54 Å². The van der Waals surface area contributed by atoms with Gasteiger partial charge in [-0.1, -0.05) is 56.8 Å². The second kappa shape index (κ2) is 9.94. The molecule has 0 radical (unpaired) electrons. The molecule has 0 saturated carbocycles. The number of hydrogen-bond donors (Lipinski definition) is 1. The molecular formula is C24H29N3O2S. The Kier molecular flexibility index (Phi) is 7.32. The Morgan fingerprint density at radius 3 is 2.47 bits per heavy atom. The molecule has 2 aromatic carbocycles. The third-order valence-corrected chi connectivity index (χ3v) is 6.33. The van der Waals surface area contributed by atoms with E-state index >= 15 is 0 Å². The molecule has 0 aliphatic heterocycles. The van der Waals surface area contributed by atoms with Gasteiger partial charge in [-0.2, -0.15) is 0 Å². The van der Waals surface area contributed by atoms with Crippen LogP contribution in [0.4, 0.5) is 0 Å². The minimum Gasteiger partial charge on any atom is -0.355 e. The van der Waals surface area contributed by atoms with Gasteiger partial charge in [-0.3, -0.25) is 14.2 Å². The highest BCUT2D eigenvalue weighted by Gasteiger charge is 2.20. The van der Waals surface area contributed by atoms with Crippen LogP contribution >= 0.6 is 11.8 Å². The fraction of sp³-hybridized carbons (Fsp3) is 0.375. The normalized spacial score (nSPS) is 13.2. The maximum atomic E-state index is 13.4. The number of nitrogens with one attached hydrogen (secondary N) is 1. The molecular weight excluding hydrogens is 394 g/mol. The molecule has 0 unspecified atom stereocenters. The quantitative estimate of drug-likeness (QED) is 0.413. The van der Waals surface area contributed by atoms with E-state index in [-0.39, 0.29) is 16.7 Å². The van der Waals surface area contributed by atoms with Crippen molar-refractivity contribution in [2.45, 2.75) is 56.9 Å². The van der Waals surface area contributed by atoms with Crippen molar-refractivity contribution < 1.29 is 4.79 Å². The molecule has 6 heteroatoms. The first-order chi connectivity index (χ1) is 14.5. The summed E-state index contributed by atoms with van der Waals surface area (Å²) in [6.07, 6.45) is 1.94. The van der Waals surface area contributed by atoms with Gasteiger partial charge in [0.05, 0.1) is 21.8 Å². The van der Waals surface area contributed by atoms with E-state index in [4.69, 9.17) is 4.98 Å². The molecule has 1 N–H and O–H groups in total. The van der Waals surface area contributed by atoms with E-state index in [1.54, 1.807) is 10.6 Å². The second-order valence-corrected chi connectivity index (χ2v) is 8.81. The second-order valence-electron chi connectivity index (χ2n) is 7.50. The summed E-state index contributed by atoms with van der Waals surface area (Å²) in [5.41, 5.74) is 2.51. The molecule has 1 amide bonds. The Hall–Kier alpha value is -2.60. The van der Waals surface area contributed by atoms with Gasteiger partial charge in [0.2, 0.25) is 5.91 Å². The maximum Gasteiger partial charge on any atom is 0.266 e. The predicted octanol–water partition coefficient (Wildman–Crippen LogP) is 4.91. The van der Waals surface area contributed by atoms with Crippen molar-refractivity contribution >= 4 is 28.6 Å². The predicted molar refractivity (Wildman–Crippen MR) is 125 cm³/mol. The monoisotopic (exact) mass is 423 g/mol. The van der Waals surface area contributed by atoms with Crippen molar-refractivity contribution in [1.29, 1.82) is 0 Å². The molecule has 0 spiro atoms. The summed E-state index contributed by atoms with van der Waals surface area (Å²) in [4.78, 5) is 30.5. The van der Waals surface area contributed by atoms with Gasteiger partial charge < -0.3 is 5.32 Å². The first-order valence-electron chi connectivity index (χ1n) is 10.5.